The van der Waals surface area contributed by atoms with Gasteiger partial charge in [-0.2, -0.15) is 19.6 Å². The molecular formula is C30H34N8O. The van der Waals surface area contributed by atoms with Crippen molar-refractivity contribution in [2.75, 3.05) is 30.3 Å². The van der Waals surface area contributed by atoms with Crippen LogP contribution in [-0.4, -0.2) is 55.4 Å². The molecule has 1 fully saturated rings. The Hall–Kier alpha value is -4.08. The minimum atomic E-state index is -0.381. The van der Waals surface area contributed by atoms with E-state index in [9.17, 15) is 5.11 Å². The summed E-state index contributed by atoms with van der Waals surface area (Å²) < 4.78 is 1.77. The van der Waals surface area contributed by atoms with Crippen LogP contribution in [0.15, 0.2) is 66.9 Å². The predicted molar refractivity (Wildman–Crippen MR) is 155 cm³/mol. The lowest BCUT2D eigenvalue weighted by Gasteiger charge is -2.28. The molecular weight excluding hydrogens is 488 g/mol. The molecule has 9 nitrogen and oxygen atoms in total. The summed E-state index contributed by atoms with van der Waals surface area (Å²) in [4.78, 5) is 14.5. The van der Waals surface area contributed by atoms with E-state index in [2.05, 4.69) is 65.2 Å². The molecule has 1 aliphatic rings. The first-order valence-electron chi connectivity index (χ1n) is 13.6. The van der Waals surface area contributed by atoms with Crippen LogP contribution < -0.4 is 16.0 Å². The maximum atomic E-state index is 10.4. The van der Waals surface area contributed by atoms with Crippen molar-refractivity contribution in [3.8, 4) is 11.3 Å². The number of piperidine rings is 1. The standard InChI is InChI=1S/C30H34N8O/c1-19(2)24-17-34-38-28(24)36-29(32-16-22-13-14-31-18-27(22)39)37-30(38)33-15-21-8-3-5-9-23(21)26-12-11-20-7-4-6-10-25(20)35-26/h3-12,17,19,22,27,31,39H,13-16,18H2,1-2H3,(H2,32,33,36,37)/t22-,27+/m0/s1. The zero-order chi connectivity index (χ0) is 26.8. The fourth-order valence-electron chi connectivity index (χ4n) is 5.17. The van der Waals surface area contributed by atoms with Gasteiger partial charge in [0, 0.05) is 42.1 Å². The Bertz CT molecular complexity index is 1600. The lowest BCUT2D eigenvalue weighted by Crippen LogP contribution is -2.43. The number of nitrogens with one attached hydrogen (secondary N) is 3. The van der Waals surface area contributed by atoms with Gasteiger partial charge in [0.2, 0.25) is 11.9 Å². The quantitative estimate of drug-likeness (QED) is 0.236. The highest BCUT2D eigenvalue weighted by Crippen LogP contribution is 2.26. The third-order valence-corrected chi connectivity index (χ3v) is 7.46. The zero-order valence-corrected chi connectivity index (χ0v) is 22.3. The molecule has 39 heavy (non-hydrogen) atoms. The van der Waals surface area contributed by atoms with Gasteiger partial charge in [0.25, 0.3) is 0 Å². The number of aliphatic hydroxyl groups excluding tert-OH is 1. The molecule has 9 heteroatoms. The number of nitrogens with zero attached hydrogens (tertiary/aromatic N) is 5. The number of para-hydroxylation sites is 1. The number of fused-ring (bicyclic) bond motifs is 2. The second-order valence-corrected chi connectivity index (χ2v) is 10.5. The first kappa shape index (κ1) is 25.2. The fourth-order valence-corrected chi connectivity index (χ4v) is 5.17. The molecule has 0 spiro atoms. The van der Waals surface area contributed by atoms with Crippen LogP contribution in [0.3, 0.4) is 0 Å². The topological polar surface area (TPSA) is 112 Å². The Morgan fingerprint density at radius 2 is 1.85 bits per heavy atom. The highest BCUT2D eigenvalue weighted by atomic mass is 16.3. The number of aromatic nitrogens is 5. The largest absolute Gasteiger partial charge is 0.391 e. The van der Waals surface area contributed by atoms with Gasteiger partial charge >= 0.3 is 0 Å². The van der Waals surface area contributed by atoms with Crippen LogP contribution in [0.5, 0.6) is 0 Å². The molecule has 0 unspecified atom stereocenters. The van der Waals surface area contributed by atoms with E-state index in [1.807, 2.05) is 36.5 Å². The SMILES string of the molecule is CC(C)c1cnn2c(NCc3ccccc3-c3ccc4ccccc4n3)nc(NC[C@@H]3CCNC[C@H]3O)nc12. The van der Waals surface area contributed by atoms with E-state index in [1.54, 1.807) is 4.52 Å². The van der Waals surface area contributed by atoms with Crippen molar-refractivity contribution in [2.24, 2.45) is 5.92 Å². The van der Waals surface area contributed by atoms with Gasteiger partial charge in [-0.25, -0.2) is 4.98 Å². The number of hydrogen-bond acceptors (Lipinski definition) is 8. The third kappa shape index (κ3) is 5.28. The number of anilines is 2. The first-order chi connectivity index (χ1) is 19.1. The summed E-state index contributed by atoms with van der Waals surface area (Å²) in [7, 11) is 0. The highest BCUT2D eigenvalue weighted by Gasteiger charge is 2.23. The maximum absolute atomic E-state index is 10.4. The van der Waals surface area contributed by atoms with E-state index in [1.165, 1.54) is 0 Å². The van der Waals surface area contributed by atoms with E-state index in [4.69, 9.17) is 15.0 Å². The van der Waals surface area contributed by atoms with Crippen LogP contribution in [0, 0.1) is 5.92 Å². The molecule has 0 aliphatic carbocycles. The molecule has 0 amide bonds. The lowest BCUT2D eigenvalue weighted by atomic mass is 9.95. The summed E-state index contributed by atoms with van der Waals surface area (Å²) in [5, 5.41) is 26.2. The second-order valence-electron chi connectivity index (χ2n) is 10.5. The van der Waals surface area contributed by atoms with Crippen LogP contribution in [0.4, 0.5) is 11.9 Å². The lowest BCUT2D eigenvalue weighted by molar-refractivity contribution is 0.0883. The van der Waals surface area contributed by atoms with Crippen LogP contribution in [0.2, 0.25) is 0 Å². The van der Waals surface area contributed by atoms with Crippen molar-refractivity contribution in [1.29, 1.82) is 0 Å². The van der Waals surface area contributed by atoms with Crippen molar-refractivity contribution < 1.29 is 5.11 Å². The minimum absolute atomic E-state index is 0.151. The number of pyridine rings is 1. The van der Waals surface area contributed by atoms with Gasteiger partial charge in [-0.15, -0.1) is 0 Å². The molecule has 5 aromatic rings. The summed E-state index contributed by atoms with van der Waals surface area (Å²) in [6, 6.07) is 20.6. The summed E-state index contributed by atoms with van der Waals surface area (Å²) in [6.45, 7) is 6.95. The molecule has 2 aromatic carbocycles. The van der Waals surface area contributed by atoms with Crippen molar-refractivity contribution in [1.82, 2.24) is 29.9 Å². The van der Waals surface area contributed by atoms with Crippen LogP contribution in [-0.2, 0) is 6.54 Å². The Labute approximate surface area is 227 Å². The summed E-state index contributed by atoms with van der Waals surface area (Å²) >= 11 is 0. The van der Waals surface area contributed by atoms with Crippen molar-refractivity contribution in [3.05, 3.63) is 78.0 Å². The minimum Gasteiger partial charge on any atom is -0.391 e. The van der Waals surface area contributed by atoms with Gasteiger partial charge in [-0.1, -0.05) is 62.4 Å². The molecule has 0 bridgehead atoms. The summed E-state index contributed by atoms with van der Waals surface area (Å²) in [5.41, 5.74) is 5.93. The second kappa shape index (κ2) is 11.0. The zero-order valence-electron chi connectivity index (χ0n) is 22.3. The van der Waals surface area contributed by atoms with Crippen LogP contribution >= 0.6 is 0 Å². The number of aliphatic hydroxyl groups is 1. The van der Waals surface area contributed by atoms with E-state index in [-0.39, 0.29) is 17.9 Å². The first-order valence-corrected chi connectivity index (χ1v) is 13.6. The molecule has 4 heterocycles. The van der Waals surface area contributed by atoms with Crippen molar-refractivity contribution >= 4 is 28.4 Å². The predicted octanol–water partition coefficient (Wildman–Crippen LogP) is 4.46. The molecule has 1 saturated heterocycles. The maximum Gasteiger partial charge on any atom is 0.229 e. The van der Waals surface area contributed by atoms with E-state index < -0.39 is 0 Å². The summed E-state index contributed by atoms with van der Waals surface area (Å²) in [5.74, 6) is 1.56. The van der Waals surface area contributed by atoms with Crippen LogP contribution in [0.1, 0.15) is 37.3 Å². The number of β-amino-alcohol motifs (C(OH)–C–C–N with tert-alkyl or cyclic N) is 1. The van der Waals surface area contributed by atoms with E-state index in [0.717, 1.165) is 51.9 Å². The van der Waals surface area contributed by atoms with Gasteiger partial charge in [0.1, 0.15) is 0 Å². The van der Waals surface area contributed by atoms with Gasteiger partial charge in [0.15, 0.2) is 5.65 Å². The number of rotatable bonds is 8. The molecule has 4 N–H and O–H groups in total. The molecule has 0 radical (unpaired) electrons. The normalized spacial score (nSPS) is 17.6. The highest BCUT2D eigenvalue weighted by molar-refractivity contribution is 5.82. The molecule has 200 valence electrons. The number of hydrogen-bond donors (Lipinski definition) is 4. The van der Waals surface area contributed by atoms with Crippen LogP contribution in [0.25, 0.3) is 27.8 Å². The van der Waals surface area contributed by atoms with Gasteiger partial charge in [-0.3, -0.25) is 0 Å². The van der Waals surface area contributed by atoms with Gasteiger partial charge in [0.05, 0.1) is 23.5 Å². The number of benzene rings is 2. The Morgan fingerprint density at radius 3 is 2.72 bits per heavy atom. The van der Waals surface area contributed by atoms with Gasteiger partial charge in [-0.05, 0) is 36.6 Å². The van der Waals surface area contributed by atoms with Crippen molar-refractivity contribution in [3.63, 3.8) is 0 Å². The molecule has 1 aliphatic heterocycles. The molecule has 3 aromatic heterocycles. The molecule has 2 atom stereocenters. The van der Waals surface area contributed by atoms with E-state index in [0.29, 0.717) is 31.5 Å². The Balaban J connectivity index is 1.29. The third-order valence-electron chi connectivity index (χ3n) is 7.46. The van der Waals surface area contributed by atoms with Crippen molar-refractivity contribution in [2.45, 2.75) is 38.8 Å². The average Bonchev–Trinajstić information content (AvgIpc) is 3.40. The van der Waals surface area contributed by atoms with E-state index >= 15 is 0 Å². The summed E-state index contributed by atoms with van der Waals surface area (Å²) in [6.07, 6.45) is 2.40. The van der Waals surface area contributed by atoms with Gasteiger partial charge < -0.3 is 21.1 Å². The average molecular weight is 523 g/mol. The molecule has 6 rings (SSSR count). The smallest absolute Gasteiger partial charge is 0.229 e. The fraction of sp³-hybridized carbons (Fsp3) is 0.333. The Morgan fingerprint density at radius 1 is 1.00 bits per heavy atom. The molecule has 0 saturated carbocycles. The monoisotopic (exact) mass is 522 g/mol. The Kier molecular flexibility index (Phi) is 7.08.